The van der Waals surface area contributed by atoms with Crippen LogP contribution < -0.4 is 5.32 Å². The second kappa shape index (κ2) is 6.97. The van der Waals surface area contributed by atoms with Gasteiger partial charge < -0.3 is 10.4 Å². The van der Waals surface area contributed by atoms with Gasteiger partial charge in [-0.25, -0.2) is 9.18 Å². The highest BCUT2D eigenvalue weighted by molar-refractivity contribution is 6.05. The zero-order valence-electron chi connectivity index (χ0n) is 13.1. The van der Waals surface area contributed by atoms with E-state index in [4.69, 9.17) is 5.11 Å². The minimum absolute atomic E-state index is 0.0922. The molecule has 0 aliphatic heterocycles. The number of aromatic carboxylic acids is 1. The van der Waals surface area contributed by atoms with Crippen LogP contribution in [0.1, 0.15) is 20.7 Å². The van der Waals surface area contributed by atoms with Crippen LogP contribution in [-0.2, 0) is 0 Å². The fraction of sp³-hybridized carbons (Fsp3) is 0. The third-order valence-corrected chi connectivity index (χ3v) is 3.66. The molecule has 0 aliphatic rings. The van der Waals surface area contributed by atoms with E-state index < -0.39 is 17.7 Å². The Labute approximate surface area is 143 Å². The van der Waals surface area contributed by atoms with Gasteiger partial charge in [-0.1, -0.05) is 42.5 Å². The first kappa shape index (κ1) is 16.4. The maximum atomic E-state index is 13.5. The zero-order valence-corrected chi connectivity index (χ0v) is 13.1. The Morgan fingerprint density at radius 1 is 0.800 bits per heavy atom. The standard InChI is InChI=1S/C20H14FNO3/c21-17-10-16(20(24)25)11-18(12-17)22-19(23)15-8-6-14(7-9-15)13-4-2-1-3-5-13/h1-12H,(H,22,23)(H,24,25). The number of carbonyl (C=O) groups excluding carboxylic acids is 1. The molecule has 3 rings (SSSR count). The lowest BCUT2D eigenvalue weighted by atomic mass is 10.0. The molecule has 0 saturated carbocycles. The zero-order chi connectivity index (χ0) is 17.8. The Balaban J connectivity index is 1.79. The summed E-state index contributed by atoms with van der Waals surface area (Å²) in [5, 5.41) is 11.5. The maximum Gasteiger partial charge on any atom is 0.335 e. The summed E-state index contributed by atoms with van der Waals surface area (Å²) in [6, 6.07) is 19.9. The van der Waals surface area contributed by atoms with Crippen LogP contribution in [0.25, 0.3) is 11.1 Å². The number of carbonyl (C=O) groups is 2. The first-order valence-electron chi connectivity index (χ1n) is 7.53. The Hall–Kier alpha value is -3.47. The number of rotatable bonds is 4. The molecule has 0 unspecified atom stereocenters. The van der Waals surface area contributed by atoms with E-state index in [0.717, 1.165) is 23.3 Å². The van der Waals surface area contributed by atoms with Gasteiger partial charge in [0.15, 0.2) is 0 Å². The van der Waals surface area contributed by atoms with Crippen LogP contribution in [0.4, 0.5) is 10.1 Å². The average molecular weight is 335 g/mol. The normalized spacial score (nSPS) is 10.3. The van der Waals surface area contributed by atoms with Gasteiger partial charge in [0.1, 0.15) is 5.82 Å². The quantitative estimate of drug-likeness (QED) is 0.740. The van der Waals surface area contributed by atoms with Crippen LogP contribution in [-0.4, -0.2) is 17.0 Å². The molecule has 4 nitrogen and oxygen atoms in total. The summed E-state index contributed by atoms with van der Waals surface area (Å²) in [6.45, 7) is 0. The molecule has 124 valence electrons. The van der Waals surface area contributed by atoms with E-state index in [1.165, 1.54) is 6.07 Å². The summed E-state index contributed by atoms with van der Waals surface area (Å²) in [6.07, 6.45) is 0. The largest absolute Gasteiger partial charge is 0.478 e. The van der Waals surface area contributed by atoms with Gasteiger partial charge in [-0.15, -0.1) is 0 Å². The maximum absolute atomic E-state index is 13.5. The van der Waals surface area contributed by atoms with Crippen molar-refractivity contribution in [1.29, 1.82) is 0 Å². The second-order valence-corrected chi connectivity index (χ2v) is 5.43. The van der Waals surface area contributed by atoms with Crippen LogP contribution in [0.5, 0.6) is 0 Å². The first-order chi connectivity index (χ1) is 12.0. The Morgan fingerprint density at radius 2 is 1.44 bits per heavy atom. The van der Waals surface area contributed by atoms with E-state index in [1.807, 2.05) is 42.5 Å². The Bertz CT molecular complexity index is 921. The van der Waals surface area contributed by atoms with Gasteiger partial charge >= 0.3 is 5.97 Å². The summed E-state index contributed by atoms with van der Waals surface area (Å²) < 4.78 is 13.5. The molecule has 0 fully saturated rings. The number of hydrogen-bond donors (Lipinski definition) is 2. The van der Waals surface area contributed by atoms with Crippen molar-refractivity contribution in [3.05, 3.63) is 89.7 Å². The number of anilines is 1. The molecule has 25 heavy (non-hydrogen) atoms. The van der Waals surface area contributed by atoms with Crippen molar-refractivity contribution < 1.29 is 19.1 Å². The van der Waals surface area contributed by atoms with E-state index >= 15 is 0 Å². The summed E-state index contributed by atoms with van der Waals surface area (Å²) in [5.41, 5.74) is 2.26. The molecule has 3 aromatic carbocycles. The van der Waals surface area contributed by atoms with Gasteiger partial charge in [-0.3, -0.25) is 4.79 Å². The van der Waals surface area contributed by atoms with E-state index in [0.29, 0.717) is 5.56 Å². The van der Waals surface area contributed by atoms with Gasteiger partial charge in [0, 0.05) is 11.3 Å². The number of hydrogen-bond acceptors (Lipinski definition) is 2. The van der Waals surface area contributed by atoms with Crippen LogP contribution >= 0.6 is 0 Å². The molecule has 0 aromatic heterocycles. The van der Waals surface area contributed by atoms with E-state index in [9.17, 15) is 14.0 Å². The van der Waals surface area contributed by atoms with E-state index in [-0.39, 0.29) is 11.3 Å². The predicted molar refractivity (Wildman–Crippen MR) is 93.2 cm³/mol. The molecule has 3 aromatic rings. The number of nitrogens with one attached hydrogen (secondary N) is 1. The predicted octanol–water partition coefficient (Wildman–Crippen LogP) is 4.44. The molecule has 0 heterocycles. The molecular weight excluding hydrogens is 321 g/mol. The molecule has 0 aliphatic carbocycles. The lowest BCUT2D eigenvalue weighted by Crippen LogP contribution is -2.12. The SMILES string of the molecule is O=C(O)c1cc(F)cc(NC(=O)c2ccc(-c3ccccc3)cc2)c1. The van der Waals surface area contributed by atoms with Crippen molar-refractivity contribution in [2.45, 2.75) is 0 Å². The van der Waals surface area contributed by atoms with Crippen molar-refractivity contribution in [2.24, 2.45) is 0 Å². The molecule has 0 bridgehead atoms. The van der Waals surface area contributed by atoms with Gasteiger partial charge in [-0.05, 0) is 41.5 Å². The minimum atomic E-state index is -1.26. The molecular formula is C20H14FNO3. The Morgan fingerprint density at radius 3 is 2.08 bits per heavy atom. The van der Waals surface area contributed by atoms with Gasteiger partial charge in [0.25, 0.3) is 5.91 Å². The number of benzene rings is 3. The average Bonchev–Trinajstić information content (AvgIpc) is 2.62. The summed E-state index contributed by atoms with van der Waals surface area (Å²) in [7, 11) is 0. The third-order valence-electron chi connectivity index (χ3n) is 3.66. The number of carboxylic acid groups (broad SMARTS) is 1. The fourth-order valence-electron chi connectivity index (χ4n) is 2.43. The fourth-order valence-corrected chi connectivity index (χ4v) is 2.43. The van der Waals surface area contributed by atoms with Gasteiger partial charge in [0.2, 0.25) is 0 Å². The van der Waals surface area contributed by atoms with Crippen molar-refractivity contribution in [2.75, 3.05) is 5.32 Å². The van der Waals surface area contributed by atoms with E-state index in [2.05, 4.69) is 5.32 Å². The minimum Gasteiger partial charge on any atom is -0.478 e. The van der Waals surface area contributed by atoms with Crippen LogP contribution in [0.2, 0.25) is 0 Å². The van der Waals surface area contributed by atoms with Crippen LogP contribution in [0.15, 0.2) is 72.8 Å². The third kappa shape index (κ3) is 3.90. The molecule has 0 atom stereocenters. The summed E-state index contributed by atoms with van der Waals surface area (Å²) >= 11 is 0. The first-order valence-corrected chi connectivity index (χ1v) is 7.53. The van der Waals surface area contributed by atoms with Crippen LogP contribution in [0.3, 0.4) is 0 Å². The second-order valence-electron chi connectivity index (χ2n) is 5.43. The molecule has 2 N–H and O–H groups in total. The number of halogens is 1. The molecule has 0 radical (unpaired) electrons. The number of carboxylic acids is 1. The van der Waals surface area contributed by atoms with Crippen molar-refractivity contribution in [3.8, 4) is 11.1 Å². The smallest absolute Gasteiger partial charge is 0.335 e. The van der Waals surface area contributed by atoms with Gasteiger partial charge in [0.05, 0.1) is 5.56 Å². The number of amides is 1. The molecule has 0 saturated heterocycles. The lowest BCUT2D eigenvalue weighted by Gasteiger charge is -2.08. The Kier molecular flexibility index (Phi) is 4.57. The molecule has 0 spiro atoms. The van der Waals surface area contributed by atoms with Crippen molar-refractivity contribution in [3.63, 3.8) is 0 Å². The molecule has 5 heteroatoms. The summed E-state index contributed by atoms with van der Waals surface area (Å²) in [4.78, 5) is 23.2. The van der Waals surface area contributed by atoms with Gasteiger partial charge in [-0.2, -0.15) is 0 Å². The van der Waals surface area contributed by atoms with Crippen molar-refractivity contribution in [1.82, 2.24) is 0 Å². The summed E-state index contributed by atoms with van der Waals surface area (Å²) in [5.74, 6) is -2.43. The highest BCUT2D eigenvalue weighted by atomic mass is 19.1. The molecule has 1 amide bonds. The van der Waals surface area contributed by atoms with Crippen LogP contribution in [0, 0.1) is 5.82 Å². The lowest BCUT2D eigenvalue weighted by molar-refractivity contribution is 0.0696. The monoisotopic (exact) mass is 335 g/mol. The topological polar surface area (TPSA) is 66.4 Å². The van der Waals surface area contributed by atoms with Crippen molar-refractivity contribution >= 4 is 17.6 Å². The van der Waals surface area contributed by atoms with E-state index in [1.54, 1.807) is 12.1 Å². The highest BCUT2D eigenvalue weighted by Crippen LogP contribution is 2.20. The highest BCUT2D eigenvalue weighted by Gasteiger charge is 2.11.